The predicted molar refractivity (Wildman–Crippen MR) is 56.1 cm³/mol. The number of hydrogen-bond donors (Lipinski definition) is 1. The highest BCUT2D eigenvalue weighted by molar-refractivity contribution is 5.95. The zero-order chi connectivity index (χ0) is 13.3. The molecule has 94 valence electrons. The summed E-state index contributed by atoms with van der Waals surface area (Å²) in [6.45, 7) is 0. The van der Waals surface area contributed by atoms with Gasteiger partial charge in [0.2, 0.25) is 0 Å². The highest BCUT2D eigenvalue weighted by Gasteiger charge is 2.30. The molecular formula is C12H7F3O3. The molecule has 0 spiro atoms. The van der Waals surface area contributed by atoms with Crippen LogP contribution >= 0.6 is 0 Å². The number of alkyl halides is 3. The molecule has 6 heteroatoms. The molecule has 0 atom stereocenters. The summed E-state index contributed by atoms with van der Waals surface area (Å²) in [7, 11) is 0. The van der Waals surface area contributed by atoms with Crippen molar-refractivity contribution < 1.29 is 27.5 Å². The Labute approximate surface area is 99.5 Å². The average molecular weight is 256 g/mol. The minimum absolute atomic E-state index is 0.0882. The maximum Gasteiger partial charge on any atom is 0.416 e. The molecule has 3 nitrogen and oxygen atoms in total. The van der Waals surface area contributed by atoms with Crippen molar-refractivity contribution in [1.29, 1.82) is 0 Å². The Kier molecular flexibility index (Phi) is 2.86. The summed E-state index contributed by atoms with van der Waals surface area (Å²) in [6.07, 6.45) is -2.19. The first-order valence-electron chi connectivity index (χ1n) is 4.86. The number of carbonyl (C=O) groups is 1. The zero-order valence-electron chi connectivity index (χ0n) is 8.86. The highest BCUT2D eigenvalue weighted by atomic mass is 19.4. The summed E-state index contributed by atoms with van der Waals surface area (Å²) < 4.78 is 41.8. The van der Waals surface area contributed by atoms with Crippen LogP contribution in [0.4, 0.5) is 13.2 Å². The number of hydrogen-bond acceptors (Lipinski definition) is 2. The van der Waals surface area contributed by atoms with Gasteiger partial charge in [-0.2, -0.15) is 13.2 Å². The second-order valence-electron chi connectivity index (χ2n) is 3.58. The van der Waals surface area contributed by atoms with E-state index < -0.39 is 17.7 Å². The highest BCUT2D eigenvalue weighted by Crippen LogP contribution is 2.32. The third-order valence-electron chi connectivity index (χ3n) is 2.42. The minimum atomic E-state index is -4.41. The van der Waals surface area contributed by atoms with Crippen molar-refractivity contribution in [2.75, 3.05) is 0 Å². The number of aromatic carboxylic acids is 1. The molecule has 1 aromatic heterocycles. The van der Waals surface area contributed by atoms with Crippen LogP contribution in [-0.4, -0.2) is 11.1 Å². The Hall–Kier alpha value is -2.24. The lowest BCUT2D eigenvalue weighted by Crippen LogP contribution is -2.04. The van der Waals surface area contributed by atoms with Crippen molar-refractivity contribution in [3.05, 3.63) is 47.9 Å². The fraction of sp³-hybridized carbons (Fsp3) is 0.0833. The molecule has 0 saturated heterocycles. The number of carboxylic acid groups (broad SMARTS) is 1. The third-order valence-corrected chi connectivity index (χ3v) is 2.42. The van der Waals surface area contributed by atoms with Crippen molar-refractivity contribution in [2.24, 2.45) is 0 Å². The Bertz CT molecular complexity index is 567. The molecule has 0 aliphatic carbocycles. The van der Waals surface area contributed by atoms with Gasteiger partial charge < -0.3 is 9.52 Å². The van der Waals surface area contributed by atoms with E-state index in [1.807, 2.05) is 0 Å². The first-order valence-corrected chi connectivity index (χ1v) is 4.86. The molecule has 1 N–H and O–H groups in total. The lowest BCUT2D eigenvalue weighted by Gasteiger charge is -2.07. The van der Waals surface area contributed by atoms with E-state index in [-0.39, 0.29) is 11.1 Å². The van der Waals surface area contributed by atoms with Crippen molar-refractivity contribution >= 4 is 5.97 Å². The second kappa shape index (κ2) is 4.21. The Balaban J connectivity index is 2.41. The lowest BCUT2D eigenvalue weighted by atomic mass is 10.0. The molecule has 0 bridgehead atoms. The average Bonchev–Trinajstić information content (AvgIpc) is 2.77. The molecule has 0 radical (unpaired) electrons. The van der Waals surface area contributed by atoms with E-state index in [1.165, 1.54) is 18.4 Å². The van der Waals surface area contributed by atoms with Crippen molar-refractivity contribution in [1.82, 2.24) is 0 Å². The first-order chi connectivity index (χ1) is 8.39. The standard InChI is InChI=1S/C12H7F3O3/c13-12(14,15)8-3-1-7(2-4-8)9-5-18-6-10(9)11(16)17/h1-6H,(H,16,17). The van der Waals surface area contributed by atoms with E-state index >= 15 is 0 Å². The normalized spacial score (nSPS) is 11.5. The van der Waals surface area contributed by atoms with Crippen LogP contribution in [0.1, 0.15) is 15.9 Å². The number of rotatable bonds is 2. The van der Waals surface area contributed by atoms with E-state index in [0.29, 0.717) is 5.56 Å². The van der Waals surface area contributed by atoms with Gasteiger partial charge in [0.1, 0.15) is 11.8 Å². The summed E-state index contributed by atoms with van der Waals surface area (Å²) in [5.74, 6) is -1.20. The Morgan fingerprint density at radius 3 is 2.22 bits per heavy atom. The van der Waals surface area contributed by atoms with Crippen molar-refractivity contribution in [3.8, 4) is 11.1 Å². The molecular weight excluding hydrogens is 249 g/mol. The van der Waals surface area contributed by atoms with E-state index in [4.69, 9.17) is 9.52 Å². The van der Waals surface area contributed by atoms with Gasteiger partial charge in [-0.1, -0.05) is 12.1 Å². The van der Waals surface area contributed by atoms with Gasteiger partial charge in [0.15, 0.2) is 0 Å². The molecule has 0 aliphatic heterocycles. The Morgan fingerprint density at radius 2 is 1.72 bits per heavy atom. The van der Waals surface area contributed by atoms with Gasteiger partial charge in [-0.25, -0.2) is 4.79 Å². The maximum atomic E-state index is 12.4. The number of benzene rings is 1. The van der Waals surface area contributed by atoms with Crippen LogP contribution in [-0.2, 0) is 6.18 Å². The molecule has 18 heavy (non-hydrogen) atoms. The van der Waals surface area contributed by atoms with Crippen LogP contribution < -0.4 is 0 Å². The van der Waals surface area contributed by atoms with Crippen molar-refractivity contribution in [3.63, 3.8) is 0 Å². The Morgan fingerprint density at radius 1 is 1.11 bits per heavy atom. The fourth-order valence-electron chi connectivity index (χ4n) is 1.52. The molecule has 0 unspecified atom stereocenters. The van der Waals surface area contributed by atoms with Crippen LogP contribution in [0.25, 0.3) is 11.1 Å². The number of carboxylic acids is 1. The van der Waals surface area contributed by atoms with E-state index in [0.717, 1.165) is 18.4 Å². The van der Waals surface area contributed by atoms with E-state index in [1.54, 1.807) is 0 Å². The summed E-state index contributed by atoms with van der Waals surface area (Å²) in [6, 6.07) is 4.21. The van der Waals surface area contributed by atoms with Crippen LogP contribution in [0.3, 0.4) is 0 Å². The third kappa shape index (κ3) is 2.22. The van der Waals surface area contributed by atoms with Gasteiger partial charge >= 0.3 is 12.1 Å². The number of furan rings is 1. The molecule has 0 saturated carbocycles. The molecule has 2 aromatic rings. The largest absolute Gasteiger partial charge is 0.478 e. The molecule has 0 amide bonds. The monoisotopic (exact) mass is 256 g/mol. The summed E-state index contributed by atoms with van der Waals surface area (Å²) in [5, 5.41) is 8.86. The second-order valence-corrected chi connectivity index (χ2v) is 3.58. The maximum absolute atomic E-state index is 12.4. The van der Waals surface area contributed by atoms with Gasteiger partial charge in [0, 0.05) is 5.56 Å². The molecule has 2 rings (SSSR count). The minimum Gasteiger partial charge on any atom is -0.478 e. The fourth-order valence-corrected chi connectivity index (χ4v) is 1.52. The number of halogens is 3. The lowest BCUT2D eigenvalue weighted by molar-refractivity contribution is -0.137. The SMILES string of the molecule is O=C(O)c1cocc1-c1ccc(C(F)(F)F)cc1. The molecule has 1 aromatic carbocycles. The van der Waals surface area contributed by atoms with Gasteiger partial charge in [0.25, 0.3) is 0 Å². The van der Waals surface area contributed by atoms with Gasteiger partial charge in [0.05, 0.1) is 11.8 Å². The summed E-state index contributed by atoms with van der Waals surface area (Å²) in [5.41, 5.74) is -0.272. The van der Waals surface area contributed by atoms with E-state index in [9.17, 15) is 18.0 Å². The smallest absolute Gasteiger partial charge is 0.416 e. The van der Waals surface area contributed by atoms with Crippen LogP contribution in [0.15, 0.2) is 41.2 Å². The molecule has 1 heterocycles. The quantitative estimate of drug-likeness (QED) is 0.891. The van der Waals surface area contributed by atoms with Crippen LogP contribution in [0.2, 0.25) is 0 Å². The van der Waals surface area contributed by atoms with Crippen LogP contribution in [0, 0.1) is 0 Å². The van der Waals surface area contributed by atoms with Gasteiger partial charge in [-0.3, -0.25) is 0 Å². The van der Waals surface area contributed by atoms with Gasteiger partial charge in [-0.15, -0.1) is 0 Å². The topological polar surface area (TPSA) is 50.4 Å². The van der Waals surface area contributed by atoms with E-state index in [2.05, 4.69) is 0 Å². The zero-order valence-corrected chi connectivity index (χ0v) is 8.86. The molecule has 0 aliphatic rings. The van der Waals surface area contributed by atoms with Crippen LogP contribution in [0.5, 0.6) is 0 Å². The predicted octanol–water partition coefficient (Wildman–Crippen LogP) is 3.66. The summed E-state index contributed by atoms with van der Waals surface area (Å²) in [4.78, 5) is 10.8. The summed E-state index contributed by atoms with van der Waals surface area (Å²) >= 11 is 0. The van der Waals surface area contributed by atoms with Crippen molar-refractivity contribution in [2.45, 2.75) is 6.18 Å². The first kappa shape index (κ1) is 12.2. The van der Waals surface area contributed by atoms with Gasteiger partial charge in [-0.05, 0) is 17.7 Å². The molecule has 0 fully saturated rings.